The second-order valence-electron chi connectivity index (χ2n) is 5.13. The van der Waals surface area contributed by atoms with Crippen LogP contribution < -0.4 is 15.0 Å². The number of piperazine rings is 1. The minimum Gasteiger partial charge on any atom is -0.486 e. The predicted octanol–water partition coefficient (Wildman–Crippen LogP) is 1.84. The summed E-state index contributed by atoms with van der Waals surface area (Å²) in [6, 6.07) is 7.75. The van der Waals surface area contributed by atoms with E-state index < -0.39 is 0 Å². The van der Waals surface area contributed by atoms with Crippen molar-refractivity contribution in [2.75, 3.05) is 24.5 Å². The van der Waals surface area contributed by atoms with Crippen LogP contribution in [0.4, 0.5) is 5.95 Å². The molecule has 0 saturated carbocycles. The summed E-state index contributed by atoms with van der Waals surface area (Å²) >= 11 is 5.92. The number of benzene rings is 1. The van der Waals surface area contributed by atoms with Gasteiger partial charge in [-0.05, 0) is 25.1 Å². The fraction of sp³-hybridized carbons (Fsp3) is 0.429. The van der Waals surface area contributed by atoms with Gasteiger partial charge in [0.1, 0.15) is 12.4 Å². The van der Waals surface area contributed by atoms with Crippen molar-refractivity contribution in [3.8, 4) is 5.75 Å². The smallest absolute Gasteiger partial charge is 0.244 e. The molecule has 1 aliphatic heterocycles. The zero-order chi connectivity index (χ0) is 14.7. The van der Waals surface area contributed by atoms with Crippen LogP contribution in [-0.4, -0.2) is 40.9 Å². The lowest BCUT2D eigenvalue weighted by Crippen LogP contribution is -2.49. The van der Waals surface area contributed by atoms with Crippen LogP contribution in [0.2, 0.25) is 5.02 Å². The minimum absolute atomic E-state index is 0.342. The SMILES string of the molecule is C[C@H]1CN(c2n[nH]c(COc3cccc(Cl)c3)n2)CCN1. The molecule has 1 fully saturated rings. The monoisotopic (exact) mass is 307 g/mol. The number of anilines is 1. The van der Waals surface area contributed by atoms with Crippen LogP contribution in [0.15, 0.2) is 24.3 Å². The number of hydrogen-bond acceptors (Lipinski definition) is 5. The summed E-state index contributed by atoms with van der Waals surface area (Å²) in [6.07, 6.45) is 0. The van der Waals surface area contributed by atoms with E-state index in [1.807, 2.05) is 18.2 Å². The van der Waals surface area contributed by atoms with Crippen LogP contribution in [0, 0.1) is 0 Å². The van der Waals surface area contributed by atoms with E-state index in [2.05, 4.69) is 32.3 Å². The Balaban J connectivity index is 1.60. The Kier molecular flexibility index (Phi) is 4.26. The van der Waals surface area contributed by atoms with Crippen molar-refractivity contribution in [2.45, 2.75) is 19.6 Å². The largest absolute Gasteiger partial charge is 0.486 e. The van der Waals surface area contributed by atoms with E-state index >= 15 is 0 Å². The Hall–Kier alpha value is -1.79. The van der Waals surface area contributed by atoms with Gasteiger partial charge < -0.3 is 15.0 Å². The fourth-order valence-corrected chi connectivity index (χ4v) is 2.49. The van der Waals surface area contributed by atoms with Crippen molar-refractivity contribution in [1.82, 2.24) is 20.5 Å². The molecular weight excluding hydrogens is 290 g/mol. The standard InChI is InChI=1S/C14H18ClN5O/c1-10-8-20(6-5-16-10)14-17-13(18-19-14)9-21-12-4-2-3-11(15)7-12/h2-4,7,10,16H,5-6,8-9H2,1H3,(H,17,18,19)/t10-/m0/s1. The van der Waals surface area contributed by atoms with Gasteiger partial charge in [0, 0.05) is 30.7 Å². The quantitative estimate of drug-likeness (QED) is 0.902. The van der Waals surface area contributed by atoms with Crippen LogP contribution in [0.1, 0.15) is 12.7 Å². The summed E-state index contributed by atoms with van der Waals surface area (Å²) in [5.41, 5.74) is 0. The molecule has 0 radical (unpaired) electrons. The average molecular weight is 308 g/mol. The average Bonchev–Trinajstić information content (AvgIpc) is 2.94. The predicted molar refractivity (Wildman–Crippen MR) is 81.8 cm³/mol. The van der Waals surface area contributed by atoms with Gasteiger partial charge in [-0.15, -0.1) is 5.10 Å². The first-order valence-electron chi connectivity index (χ1n) is 6.99. The Bertz CT molecular complexity index is 603. The van der Waals surface area contributed by atoms with E-state index in [0.717, 1.165) is 31.3 Å². The van der Waals surface area contributed by atoms with Crippen molar-refractivity contribution in [3.05, 3.63) is 35.1 Å². The number of aromatic amines is 1. The highest BCUT2D eigenvalue weighted by Crippen LogP contribution is 2.18. The third kappa shape index (κ3) is 3.65. The molecule has 112 valence electrons. The van der Waals surface area contributed by atoms with Crippen molar-refractivity contribution in [2.24, 2.45) is 0 Å². The van der Waals surface area contributed by atoms with E-state index in [1.165, 1.54) is 0 Å². The first-order valence-corrected chi connectivity index (χ1v) is 7.36. The first-order chi connectivity index (χ1) is 10.2. The van der Waals surface area contributed by atoms with E-state index in [0.29, 0.717) is 23.5 Å². The van der Waals surface area contributed by atoms with Crippen molar-refractivity contribution >= 4 is 17.5 Å². The number of H-pyrrole nitrogens is 1. The molecule has 1 atom stereocenters. The first kappa shape index (κ1) is 14.2. The van der Waals surface area contributed by atoms with Crippen LogP contribution in [0.25, 0.3) is 0 Å². The molecule has 0 aliphatic carbocycles. The lowest BCUT2D eigenvalue weighted by Gasteiger charge is -2.30. The molecule has 7 heteroatoms. The van der Waals surface area contributed by atoms with Gasteiger partial charge in [-0.3, -0.25) is 5.10 Å². The second-order valence-corrected chi connectivity index (χ2v) is 5.57. The van der Waals surface area contributed by atoms with Crippen molar-refractivity contribution in [3.63, 3.8) is 0 Å². The molecule has 6 nitrogen and oxygen atoms in total. The van der Waals surface area contributed by atoms with E-state index in [9.17, 15) is 0 Å². The summed E-state index contributed by atoms with van der Waals surface area (Å²) in [6.45, 7) is 5.27. The summed E-state index contributed by atoms with van der Waals surface area (Å²) in [7, 11) is 0. The Morgan fingerprint density at radius 1 is 1.48 bits per heavy atom. The number of halogens is 1. The van der Waals surface area contributed by atoms with Gasteiger partial charge in [-0.25, -0.2) is 0 Å². The fourth-order valence-electron chi connectivity index (χ4n) is 2.31. The summed E-state index contributed by atoms with van der Waals surface area (Å²) in [4.78, 5) is 6.65. The van der Waals surface area contributed by atoms with Gasteiger partial charge in [0.15, 0.2) is 5.82 Å². The molecule has 1 aliphatic rings. The Labute approximate surface area is 128 Å². The van der Waals surface area contributed by atoms with Crippen molar-refractivity contribution < 1.29 is 4.74 Å². The molecule has 0 bridgehead atoms. The molecule has 2 aromatic rings. The molecule has 2 N–H and O–H groups in total. The second kappa shape index (κ2) is 6.32. The van der Waals surface area contributed by atoms with Crippen molar-refractivity contribution in [1.29, 1.82) is 0 Å². The Morgan fingerprint density at radius 2 is 2.38 bits per heavy atom. The van der Waals surface area contributed by atoms with Crippen LogP contribution in [-0.2, 0) is 6.61 Å². The van der Waals surface area contributed by atoms with Gasteiger partial charge in [-0.1, -0.05) is 17.7 Å². The molecular formula is C14H18ClN5O. The van der Waals surface area contributed by atoms with Crippen LogP contribution in [0.5, 0.6) is 5.75 Å². The lowest BCUT2D eigenvalue weighted by molar-refractivity contribution is 0.296. The summed E-state index contributed by atoms with van der Waals surface area (Å²) < 4.78 is 5.65. The molecule has 0 spiro atoms. The number of rotatable bonds is 4. The molecule has 21 heavy (non-hydrogen) atoms. The zero-order valence-corrected chi connectivity index (χ0v) is 12.6. The topological polar surface area (TPSA) is 66.1 Å². The van der Waals surface area contributed by atoms with E-state index in [1.54, 1.807) is 6.07 Å². The van der Waals surface area contributed by atoms with Crippen LogP contribution >= 0.6 is 11.6 Å². The van der Waals surface area contributed by atoms with E-state index in [-0.39, 0.29) is 0 Å². The minimum atomic E-state index is 0.342. The third-order valence-electron chi connectivity index (χ3n) is 3.34. The molecule has 2 heterocycles. The van der Waals surface area contributed by atoms with Gasteiger partial charge >= 0.3 is 0 Å². The van der Waals surface area contributed by atoms with Gasteiger partial charge in [-0.2, -0.15) is 4.98 Å². The number of nitrogens with one attached hydrogen (secondary N) is 2. The molecule has 0 amide bonds. The highest BCUT2D eigenvalue weighted by molar-refractivity contribution is 6.30. The molecule has 0 unspecified atom stereocenters. The van der Waals surface area contributed by atoms with Crippen LogP contribution in [0.3, 0.4) is 0 Å². The number of nitrogens with zero attached hydrogens (tertiary/aromatic N) is 3. The maximum atomic E-state index is 5.92. The van der Waals surface area contributed by atoms with Gasteiger partial charge in [0.25, 0.3) is 0 Å². The summed E-state index contributed by atoms with van der Waals surface area (Å²) in [5, 5.41) is 11.2. The maximum Gasteiger partial charge on any atom is 0.244 e. The normalized spacial score (nSPS) is 18.8. The molecule has 1 aromatic carbocycles. The summed E-state index contributed by atoms with van der Waals surface area (Å²) in [5.74, 6) is 2.15. The highest BCUT2D eigenvalue weighted by atomic mass is 35.5. The number of hydrogen-bond donors (Lipinski definition) is 2. The highest BCUT2D eigenvalue weighted by Gasteiger charge is 2.19. The Morgan fingerprint density at radius 3 is 3.19 bits per heavy atom. The van der Waals surface area contributed by atoms with Gasteiger partial charge in [0.05, 0.1) is 0 Å². The molecule has 1 aromatic heterocycles. The van der Waals surface area contributed by atoms with Gasteiger partial charge in [0.2, 0.25) is 5.95 Å². The molecule has 3 rings (SSSR count). The number of ether oxygens (including phenoxy) is 1. The third-order valence-corrected chi connectivity index (χ3v) is 3.58. The molecule has 1 saturated heterocycles. The van der Waals surface area contributed by atoms with E-state index in [4.69, 9.17) is 16.3 Å². The lowest BCUT2D eigenvalue weighted by atomic mass is 10.2. The number of aromatic nitrogens is 3. The zero-order valence-electron chi connectivity index (χ0n) is 11.8. The maximum absolute atomic E-state index is 5.92.